The zero-order chi connectivity index (χ0) is 13.5. The topological polar surface area (TPSA) is 64.3 Å². The van der Waals surface area contributed by atoms with E-state index in [0.717, 1.165) is 17.5 Å². The van der Waals surface area contributed by atoms with Crippen molar-refractivity contribution in [3.63, 3.8) is 0 Å². The molecule has 0 spiro atoms. The van der Waals surface area contributed by atoms with E-state index in [-0.39, 0.29) is 5.91 Å². The molecule has 0 aromatic heterocycles. The molecule has 0 heterocycles. The molecule has 0 atom stereocenters. The Balaban J connectivity index is 2.51. The summed E-state index contributed by atoms with van der Waals surface area (Å²) in [5, 5.41) is 2.81. The number of nitrogens with one attached hydrogen (secondary N) is 1. The number of anilines is 2. The van der Waals surface area contributed by atoms with Gasteiger partial charge in [0.05, 0.1) is 24.4 Å². The summed E-state index contributed by atoms with van der Waals surface area (Å²) in [4.78, 5) is 11.7. The standard InChI is InChI=1S/C14H22N2O2/c1-4-6-18-7-5-14(17)16-13-9-11(3)10(2)8-12(13)15/h8-9H,4-7,15H2,1-3H3,(H,16,17). The van der Waals surface area contributed by atoms with Crippen molar-refractivity contribution >= 4 is 17.3 Å². The molecule has 0 radical (unpaired) electrons. The van der Waals surface area contributed by atoms with Crippen LogP contribution in [0.4, 0.5) is 11.4 Å². The van der Waals surface area contributed by atoms with E-state index in [1.165, 1.54) is 0 Å². The number of rotatable bonds is 6. The van der Waals surface area contributed by atoms with Gasteiger partial charge in [0.2, 0.25) is 5.91 Å². The molecule has 4 heteroatoms. The highest BCUT2D eigenvalue weighted by Crippen LogP contribution is 2.22. The van der Waals surface area contributed by atoms with Crippen molar-refractivity contribution in [2.75, 3.05) is 24.3 Å². The van der Waals surface area contributed by atoms with Crippen LogP contribution in [-0.2, 0) is 9.53 Å². The first-order chi connectivity index (χ1) is 8.54. The fraction of sp³-hybridized carbons (Fsp3) is 0.500. The first-order valence-electron chi connectivity index (χ1n) is 6.29. The Morgan fingerprint density at radius 2 is 1.94 bits per heavy atom. The van der Waals surface area contributed by atoms with Crippen molar-refractivity contribution in [1.82, 2.24) is 0 Å². The SMILES string of the molecule is CCCOCCC(=O)Nc1cc(C)c(C)cc1N. The molecule has 0 unspecified atom stereocenters. The maximum Gasteiger partial charge on any atom is 0.226 e. The highest BCUT2D eigenvalue weighted by atomic mass is 16.5. The van der Waals surface area contributed by atoms with E-state index in [1.807, 2.05) is 32.9 Å². The van der Waals surface area contributed by atoms with Crippen molar-refractivity contribution in [1.29, 1.82) is 0 Å². The number of nitrogen functional groups attached to an aromatic ring is 1. The Hall–Kier alpha value is -1.55. The van der Waals surface area contributed by atoms with Crippen LogP contribution in [0, 0.1) is 13.8 Å². The number of carbonyl (C=O) groups is 1. The number of hydrogen-bond acceptors (Lipinski definition) is 3. The molecule has 1 aromatic carbocycles. The van der Waals surface area contributed by atoms with Gasteiger partial charge in [0.15, 0.2) is 0 Å². The van der Waals surface area contributed by atoms with Crippen molar-refractivity contribution in [2.45, 2.75) is 33.6 Å². The van der Waals surface area contributed by atoms with Crippen LogP contribution < -0.4 is 11.1 Å². The van der Waals surface area contributed by atoms with Crippen LogP contribution in [0.5, 0.6) is 0 Å². The minimum atomic E-state index is -0.0685. The van der Waals surface area contributed by atoms with Gasteiger partial charge < -0.3 is 15.8 Å². The number of carbonyl (C=O) groups excluding carboxylic acids is 1. The molecule has 3 N–H and O–H groups in total. The summed E-state index contributed by atoms with van der Waals surface area (Å²) >= 11 is 0. The van der Waals surface area contributed by atoms with Crippen molar-refractivity contribution < 1.29 is 9.53 Å². The summed E-state index contributed by atoms with van der Waals surface area (Å²) in [6.07, 6.45) is 1.32. The van der Waals surface area contributed by atoms with E-state index in [4.69, 9.17) is 10.5 Å². The summed E-state index contributed by atoms with van der Waals surface area (Å²) in [7, 11) is 0. The van der Waals surface area contributed by atoms with Gasteiger partial charge in [0.1, 0.15) is 0 Å². The lowest BCUT2D eigenvalue weighted by Crippen LogP contribution is -2.15. The Labute approximate surface area is 109 Å². The maximum atomic E-state index is 11.7. The van der Waals surface area contributed by atoms with Gasteiger partial charge in [-0.05, 0) is 43.5 Å². The molecule has 0 aliphatic heterocycles. The molecule has 0 fully saturated rings. The maximum absolute atomic E-state index is 11.7. The van der Waals surface area contributed by atoms with E-state index >= 15 is 0 Å². The summed E-state index contributed by atoms with van der Waals surface area (Å²) in [5.41, 5.74) is 9.38. The second-order valence-corrected chi connectivity index (χ2v) is 4.43. The second kappa shape index (κ2) is 7.01. The molecule has 1 aromatic rings. The minimum Gasteiger partial charge on any atom is -0.397 e. The van der Waals surface area contributed by atoms with Crippen molar-refractivity contribution in [2.24, 2.45) is 0 Å². The summed E-state index contributed by atoms with van der Waals surface area (Å²) in [5.74, 6) is -0.0685. The number of aryl methyl sites for hydroxylation is 2. The summed E-state index contributed by atoms with van der Waals surface area (Å²) in [6, 6.07) is 3.77. The van der Waals surface area contributed by atoms with Crippen LogP contribution in [0.15, 0.2) is 12.1 Å². The minimum absolute atomic E-state index is 0.0685. The smallest absolute Gasteiger partial charge is 0.226 e. The Morgan fingerprint density at radius 3 is 2.61 bits per heavy atom. The lowest BCUT2D eigenvalue weighted by atomic mass is 10.1. The Morgan fingerprint density at radius 1 is 1.28 bits per heavy atom. The first kappa shape index (κ1) is 14.5. The number of hydrogen-bond donors (Lipinski definition) is 2. The first-order valence-corrected chi connectivity index (χ1v) is 6.29. The van der Waals surface area contributed by atoms with Gasteiger partial charge in [-0.3, -0.25) is 4.79 Å². The lowest BCUT2D eigenvalue weighted by Gasteiger charge is -2.11. The Bertz CT molecular complexity index is 417. The molecular formula is C14H22N2O2. The zero-order valence-corrected chi connectivity index (χ0v) is 11.4. The van der Waals surface area contributed by atoms with Crippen LogP contribution in [-0.4, -0.2) is 19.1 Å². The molecule has 0 saturated heterocycles. The summed E-state index contributed by atoms with van der Waals surface area (Å²) in [6.45, 7) is 7.17. The predicted octanol–water partition coefficient (Wildman–Crippen LogP) is 2.64. The van der Waals surface area contributed by atoms with Crippen LogP contribution >= 0.6 is 0 Å². The predicted molar refractivity (Wildman–Crippen MR) is 74.7 cm³/mol. The van der Waals surface area contributed by atoms with E-state index < -0.39 is 0 Å². The zero-order valence-electron chi connectivity index (χ0n) is 11.4. The molecule has 1 rings (SSSR count). The monoisotopic (exact) mass is 250 g/mol. The fourth-order valence-corrected chi connectivity index (χ4v) is 1.57. The normalized spacial score (nSPS) is 10.4. The van der Waals surface area contributed by atoms with Crippen molar-refractivity contribution in [3.05, 3.63) is 23.3 Å². The number of nitrogens with two attached hydrogens (primary N) is 1. The van der Waals surface area contributed by atoms with Crippen LogP contribution in [0.3, 0.4) is 0 Å². The molecule has 4 nitrogen and oxygen atoms in total. The third-order valence-electron chi connectivity index (χ3n) is 2.76. The molecule has 0 bridgehead atoms. The molecule has 0 aliphatic carbocycles. The lowest BCUT2D eigenvalue weighted by molar-refractivity contribution is -0.117. The van der Waals surface area contributed by atoms with Gasteiger partial charge in [-0.1, -0.05) is 6.92 Å². The van der Waals surface area contributed by atoms with E-state index in [2.05, 4.69) is 5.32 Å². The number of benzene rings is 1. The van der Waals surface area contributed by atoms with Crippen LogP contribution in [0.2, 0.25) is 0 Å². The van der Waals surface area contributed by atoms with Crippen LogP contribution in [0.25, 0.3) is 0 Å². The Kier molecular flexibility index (Phi) is 5.65. The van der Waals surface area contributed by atoms with Gasteiger partial charge in [0, 0.05) is 6.61 Å². The number of ether oxygens (including phenoxy) is 1. The van der Waals surface area contributed by atoms with Crippen molar-refractivity contribution in [3.8, 4) is 0 Å². The molecule has 1 amide bonds. The van der Waals surface area contributed by atoms with Gasteiger partial charge in [-0.15, -0.1) is 0 Å². The third-order valence-corrected chi connectivity index (χ3v) is 2.76. The highest BCUT2D eigenvalue weighted by molar-refractivity contribution is 5.94. The van der Waals surface area contributed by atoms with Crippen LogP contribution in [0.1, 0.15) is 30.9 Å². The second-order valence-electron chi connectivity index (χ2n) is 4.43. The van der Waals surface area contributed by atoms with E-state index in [0.29, 0.717) is 31.0 Å². The largest absolute Gasteiger partial charge is 0.397 e. The van der Waals surface area contributed by atoms with Gasteiger partial charge >= 0.3 is 0 Å². The number of amides is 1. The van der Waals surface area contributed by atoms with E-state index in [9.17, 15) is 4.79 Å². The summed E-state index contributed by atoms with van der Waals surface area (Å²) < 4.78 is 5.27. The van der Waals surface area contributed by atoms with Gasteiger partial charge in [0.25, 0.3) is 0 Å². The average Bonchev–Trinajstić information content (AvgIpc) is 2.32. The average molecular weight is 250 g/mol. The molecule has 0 aliphatic rings. The fourth-order valence-electron chi connectivity index (χ4n) is 1.57. The highest BCUT2D eigenvalue weighted by Gasteiger charge is 2.07. The molecular weight excluding hydrogens is 228 g/mol. The van der Waals surface area contributed by atoms with Gasteiger partial charge in [-0.25, -0.2) is 0 Å². The van der Waals surface area contributed by atoms with Gasteiger partial charge in [-0.2, -0.15) is 0 Å². The molecule has 100 valence electrons. The van der Waals surface area contributed by atoms with E-state index in [1.54, 1.807) is 0 Å². The third kappa shape index (κ3) is 4.37. The molecule has 18 heavy (non-hydrogen) atoms. The molecule has 0 saturated carbocycles. The quantitative estimate of drug-likeness (QED) is 0.602.